The Bertz CT molecular complexity index is 287. The van der Waals surface area contributed by atoms with Crippen LogP contribution in [-0.2, 0) is 4.79 Å². The number of hydrogen-bond donors (Lipinski definition) is 1. The van der Waals surface area contributed by atoms with E-state index >= 15 is 0 Å². The largest absolute Gasteiger partial charge is 0.356 e. The molecular formula is C14H24N2O. The van der Waals surface area contributed by atoms with Crippen LogP contribution in [0.25, 0.3) is 0 Å². The third-order valence-electron chi connectivity index (χ3n) is 4.97. The number of amides is 1. The van der Waals surface area contributed by atoms with Crippen LogP contribution in [0.2, 0.25) is 0 Å². The fourth-order valence-electron chi connectivity index (χ4n) is 3.88. The van der Waals surface area contributed by atoms with Crippen molar-refractivity contribution in [1.29, 1.82) is 0 Å². The fraction of sp³-hybridized carbons (Fsp3) is 0.929. The minimum absolute atomic E-state index is 0.346. The van der Waals surface area contributed by atoms with Crippen LogP contribution >= 0.6 is 0 Å². The molecule has 1 aliphatic heterocycles. The summed E-state index contributed by atoms with van der Waals surface area (Å²) in [5.41, 5.74) is 0. The van der Waals surface area contributed by atoms with Crippen molar-refractivity contribution in [3.05, 3.63) is 0 Å². The van der Waals surface area contributed by atoms with E-state index in [1.54, 1.807) is 0 Å². The second kappa shape index (κ2) is 4.60. The molecule has 1 heterocycles. The predicted octanol–water partition coefficient (Wildman–Crippen LogP) is 1.49. The zero-order valence-electron chi connectivity index (χ0n) is 10.8. The Morgan fingerprint density at radius 3 is 2.47 bits per heavy atom. The van der Waals surface area contributed by atoms with Gasteiger partial charge in [-0.3, -0.25) is 4.79 Å². The number of likely N-dealkylation sites (tertiary alicyclic amines) is 1. The third-order valence-corrected chi connectivity index (χ3v) is 4.97. The van der Waals surface area contributed by atoms with Crippen LogP contribution < -0.4 is 5.32 Å². The SMILES string of the molecule is CN1CC2C(C1)C2C(=O)NCC1CCCCC1. The average molecular weight is 236 g/mol. The van der Waals surface area contributed by atoms with Crippen LogP contribution in [0, 0.1) is 23.7 Å². The highest BCUT2D eigenvalue weighted by atomic mass is 16.2. The highest BCUT2D eigenvalue weighted by molar-refractivity contribution is 5.82. The molecule has 3 rings (SSSR count). The molecule has 2 saturated carbocycles. The molecule has 2 aliphatic carbocycles. The van der Waals surface area contributed by atoms with Crippen molar-refractivity contribution in [2.75, 3.05) is 26.7 Å². The number of fused-ring (bicyclic) bond motifs is 1. The fourth-order valence-corrected chi connectivity index (χ4v) is 3.88. The average Bonchev–Trinajstić information content (AvgIpc) is 2.86. The molecule has 0 aromatic carbocycles. The summed E-state index contributed by atoms with van der Waals surface area (Å²) in [6, 6.07) is 0. The molecule has 3 nitrogen and oxygen atoms in total. The van der Waals surface area contributed by atoms with Crippen molar-refractivity contribution in [2.45, 2.75) is 32.1 Å². The van der Waals surface area contributed by atoms with Crippen LogP contribution in [0.4, 0.5) is 0 Å². The van der Waals surface area contributed by atoms with Crippen LogP contribution in [-0.4, -0.2) is 37.5 Å². The van der Waals surface area contributed by atoms with Gasteiger partial charge in [-0.1, -0.05) is 19.3 Å². The first-order chi connectivity index (χ1) is 8.25. The first-order valence-corrected chi connectivity index (χ1v) is 7.22. The number of hydrogen-bond acceptors (Lipinski definition) is 2. The van der Waals surface area contributed by atoms with Crippen LogP contribution in [0.3, 0.4) is 0 Å². The molecule has 1 amide bonds. The number of nitrogens with zero attached hydrogens (tertiary/aromatic N) is 1. The molecule has 96 valence electrons. The number of rotatable bonds is 3. The van der Waals surface area contributed by atoms with Crippen molar-refractivity contribution in [1.82, 2.24) is 10.2 Å². The maximum atomic E-state index is 12.0. The van der Waals surface area contributed by atoms with Crippen molar-refractivity contribution in [3.63, 3.8) is 0 Å². The van der Waals surface area contributed by atoms with Crippen molar-refractivity contribution < 1.29 is 4.79 Å². The minimum Gasteiger partial charge on any atom is -0.356 e. The van der Waals surface area contributed by atoms with Gasteiger partial charge in [-0.05, 0) is 37.6 Å². The Morgan fingerprint density at radius 1 is 1.18 bits per heavy atom. The topological polar surface area (TPSA) is 32.3 Å². The molecule has 2 atom stereocenters. The molecule has 2 unspecified atom stereocenters. The van der Waals surface area contributed by atoms with Gasteiger partial charge >= 0.3 is 0 Å². The number of carbonyl (C=O) groups excluding carboxylic acids is 1. The lowest BCUT2D eigenvalue weighted by atomic mass is 9.89. The molecule has 0 aromatic rings. The molecular weight excluding hydrogens is 212 g/mol. The molecule has 0 spiro atoms. The van der Waals surface area contributed by atoms with Gasteiger partial charge in [0, 0.05) is 25.6 Å². The molecule has 3 fully saturated rings. The Balaban J connectivity index is 1.40. The Hall–Kier alpha value is -0.570. The van der Waals surface area contributed by atoms with Crippen molar-refractivity contribution >= 4 is 5.91 Å². The van der Waals surface area contributed by atoms with E-state index in [-0.39, 0.29) is 0 Å². The van der Waals surface area contributed by atoms with E-state index in [9.17, 15) is 4.79 Å². The van der Waals surface area contributed by atoms with Crippen molar-refractivity contribution in [2.24, 2.45) is 23.7 Å². The Labute approximate surface area is 104 Å². The lowest BCUT2D eigenvalue weighted by Crippen LogP contribution is -2.34. The molecule has 0 radical (unpaired) electrons. The van der Waals surface area contributed by atoms with E-state index in [2.05, 4.69) is 17.3 Å². The Kier molecular flexibility index (Phi) is 3.12. The summed E-state index contributed by atoms with van der Waals surface area (Å²) >= 11 is 0. The minimum atomic E-state index is 0.346. The first kappa shape index (κ1) is 11.5. The van der Waals surface area contributed by atoms with Gasteiger partial charge in [0.2, 0.25) is 5.91 Å². The number of piperidine rings is 1. The van der Waals surface area contributed by atoms with Gasteiger partial charge in [0.1, 0.15) is 0 Å². The summed E-state index contributed by atoms with van der Waals surface area (Å²) < 4.78 is 0. The van der Waals surface area contributed by atoms with Gasteiger partial charge in [-0.15, -0.1) is 0 Å². The van der Waals surface area contributed by atoms with Gasteiger partial charge in [0.25, 0.3) is 0 Å². The zero-order chi connectivity index (χ0) is 11.8. The molecule has 17 heavy (non-hydrogen) atoms. The predicted molar refractivity (Wildman–Crippen MR) is 67.6 cm³/mol. The van der Waals surface area contributed by atoms with Crippen LogP contribution in [0.15, 0.2) is 0 Å². The summed E-state index contributed by atoms with van der Waals surface area (Å²) in [5, 5.41) is 3.20. The summed E-state index contributed by atoms with van der Waals surface area (Å²) in [6.07, 6.45) is 6.75. The Morgan fingerprint density at radius 2 is 1.82 bits per heavy atom. The highest BCUT2D eigenvalue weighted by Gasteiger charge is 2.58. The summed E-state index contributed by atoms with van der Waals surface area (Å²) in [5.74, 6) is 2.81. The third kappa shape index (κ3) is 2.35. The molecule has 3 heteroatoms. The van der Waals surface area contributed by atoms with E-state index in [4.69, 9.17) is 0 Å². The summed E-state index contributed by atoms with van der Waals surface area (Å²) in [4.78, 5) is 14.4. The standard InChI is InChI=1S/C14H24N2O/c1-16-8-11-12(9-16)13(11)14(17)15-7-10-5-3-2-4-6-10/h10-13H,2-9H2,1H3,(H,15,17). The maximum Gasteiger partial charge on any atom is 0.223 e. The molecule has 1 saturated heterocycles. The molecule has 0 aromatic heterocycles. The van der Waals surface area contributed by atoms with E-state index in [1.165, 1.54) is 32.1 Å². The van der Waals surface area contributed by atoms with Crippen molar-refractivity contribution in [3.8, 4) is 0 Å². The van der Waals surface area contributed by atoms with E-state index < -0.39 is 0 Å². The van der Waals surface area contributed by atoms with Crippen LogP contribution in [0.5, 0.6) is 0 Å². The second-order valence-electron chi connectivity index (χ2n) is 6.32. The van der Waals surface area contributed by atoms with Gasteiger partial charge in [-0.2, -0.15) is 0 Å². The number of nitrogens with one attached hydrogen (secondary N) is 1. The molecule has 3 aliphatic rings. The lowest BCUT2D eigenvalue weighted by molar-refractivity contribution is -0.123. The summed E-state index contributed by atoms with van der Waals surface area (Å²) in [7, 11) is 2.16. The quantitative estimate of drug-likeness (QED) is 0.805. The molecule has 1 N–H and O–H groups in total. The van der Waals surface area contributed by atoms with Crippen LogP contribution in [0.1, 0.15) is 32.1 Å². The van der Waals surface area contributed by atoms with E-state index in [0.717, 1.165) is 25.6 Å². The lowest BCUT2D eigenvalue weighted by Gasteiger charge is -2.22. The second-order valence-corrected chi connectivity index (χ2v) is 6.32. The van der Waals surface area contributed by atoms with Gasteiger partial charge in [-0.25, -0.2) is 0 Å². The monoisotopic (exact) mass is 236 g/mol. The normalized spacial score (nSPS) is 37.8. The van der Waals surface area contributed by atoms with E-state index in [0.29, 0.717) is 23.7 Å². The number of carbonyl (C=O) groups is 1. The molecule has 0 bridgehead atoms. The summed E-state index contributed by atoms with van der Waals surface area (Å²) in [6.45, 7) is 3.20. The van der Waals surface area contributed by atoms with Gasteiger partial charge < -0.3 is 10.2 Å². The smallest absolute Gasteiger partial charge is 0.223 e. The van der Waals surface area contributed by atoms with E-state index in [1.807, 2.05) is 0 Å². The highest BCUT2D eigenvalue weighted by Crippen LogP contribution is 2.51. The van der Waals surface area contributed by atoms with Gasteiger partial charge in [0.15, 0.2) is 0 Å². The van der Waals surface area contributed by atoms with Gasteiger partial charge in [0.05, 0.1) is 0 Å². The zero-order valence-corrected chi connectivity index (χ0v) is 10.8. The first-order valence-electron chi connectivity index (χ1n) is 7.22. The maximum absolute atomic E-state index is 12.0.